The number of amides is 1. The number of pyridine rings is 1. The van der Waals surface area contributed by atoms with E-state index in [4.69, 9.17) is 15.7 Å². The van der Waals surface area contributed by atoms with Crippen LogP contribution in [0.4, 0.5) is 0 Å². The van der Waals surface area contributed by atoms with E-state index >= 15 is 0 Å². The minimum atomic E-state index is -0.623. The van der Waals surface area contributed by atoms with Crippen molar-refractivity contribution in [3.05, 3.63) is 78.1 Å². The molecule has 5 aromatic rings. The molecule has 0 radical (unpaired) electrons. The molecule has 0 bridgehead atoms. The van der Waals surface area contributed by atoms with E-state index in [1.165, 1.54) is 11.3 Å². The number of rotatable bonds is 5. The number of benzene rings is 2. The molecular weight excluding hydrogens is 448 g/mol. The van der Waals surface area contributed by atoms with Crippen molar-refractivity contribution in [2.24, 2.45) is 5.73 Å². The Morgan fingerprint density at radius 2 is 1.82 bits per heavy atom. The van der Waals surface area contributed by atoms with E-state index in [0.29, 0.717) is 49.3 Å². The molecule has 0 fully saturated rings. The summed E-state index contributed by atoms with van der Waals surface area (Å²) in [5.74, 6) is -0.0446. The van der Waals surface area contributed by atoms with Crippen LogP contribution in [0, 0.1) is 11.3 Å². The Morgan fingerprint density at radius 3 is 2.56 bits per heavy atom. The molecule has 0 aliphatic carbocycles. The predicted octanol–water partition coefficient (Wildman–Crippen LogP) is 4.46. The molecule has 0 unspecified atom stereocenters. The van der Waals surface area contributed by atoms with Crippen molar-refractivity contribution in [3.63, 3.8) is 0 Å². The lowest BCUT2D eigenvalue weighted by atomic mass is 10.00. The summed E-state index contributed by atoms with van der Waals surface area (Å²) in [5.41, 5.74) is 10.2. The zero-order valence-electron chi connectivity index (χ0n) is 17.9. The van der Waals surface area contributed by atoms with Crippen LogP contribution in [0.2, 0.25) is 0 Å². The van der Waals surface area contributed by atoms with E-state index in [2.05, 4.69) is 26.0 Å². The first-order valence-electron chi connectivity index (χ1n) is 10.2. The normalized spacial score (nSPS) is 10.7. The maximum absolute atomic E-state index is 12.6. The topological polar surface area (TPSA) is 128 Å². The highest BCUT2D eigenvalue weighted by Crippen LogP contribution is 2.37. The van der Waals surface area contributed by atoms with E-state index in [0.717, 1.165) is 5.56 Å². The Kier molecular flexibility index (Phi) is 5.41. The Hall–Kier alpha value is -4.68. The van der Waals surface area contributed by atoms with E-state index in [1.807, 2.05) is 30.3 Å². The molecule has 3 aromatic heterocycles. The second kappa shape index (κ2) is 8.69. The van der Waals surface area contributed by atoms with E-state index < -0.39 is 5.91 Å². The first-order valence-corrected chi connectivity index (χ1v) is 11.0. The van der Waals surface area contributed by atoms with Crippen molar-refractivity contribution < 1.29 is 9.53 Å². The number of ether oxygens (including phenoxy) is 1. The van der Waals surface area contributed by atoms with E-state index in [1.54, 1.807) is 43.8 Å². The molecule has 9 heteroatoms. The molecule has 164 valence electrons. The molecule has 5 rings (SSSR count). The highest BCUT2D eigenvalue weighted by molar-refractivity contribution is 7.21. The van der Waals surface area contributed by atoms with Crippen LogP contribution in [0.15, 0.2) is 67.0 Å². The number of hydrogen-bond acceptors (Lipinski definition) is 8. The van der Waals surface area contributed by atoms with Crippen LogP contribution < -0.4 is 10.5 Å². The van der Waals surface area contributed by atoms with Crippen LogP contribution in [0.5, 0.6) is 5.75 Å². The Labute approximate surface area is 198 Å². The van der Waals surface area contributed by atoms with Crippen molar-refractivity contribution >= 4 is 27.7 Å². The van der Waals surface area contributed by atoms with Crippen molar-refractivity contribution in [2.75, 3.05) is 7.11 Å². The van der Waals surface area contributed by atoms with Gasteiger partial charge in [0, 0.05) is 22.9 Å². The quantitative estimate of drug-likeness (QED) is 0.407. The van der Waals surface area contributed by atoms with Crippen LogP contribution in [0.1, 0.15) is 15.9 Å². The summed E-state index contributed by atoms with van der Waals surface area (Å²) in [7, 11) is 1.56. The van der Waals surface area contributed by atoms with Crippen LogP contribution in [-0.4, -0.2) is 33.0 Å². The maximum atomic E-state index is 12.6. The summed E-state index contributed by atoms with van der Waals surface area (Å²) >= 11 is 1.31. The SMILES string of the molecule is COc1ccccc1-c1nccc(-c2nc3ncc(-c4ccc(C#N)cc4)nc3s2)c1C(N)=O. The first-order chi connectivity index (χ1) is 16.6. The smallest absolute Gasteiger partial charge is 0.251 e. The first kappa shape index (κ1) is 21.2. The molecule has 0 atom stereocenters. The van der Waals surface area contributed by atoms with Gasteiger partial charge in [-0.25, -0.2) is 15.0 Å². The zero-order chi connectivity index (χ0) is 23.7. The van der Waals surface area contributed by atoms with Crippen LogP contribution >= 0.6 is 11.3 Å². The summed E-state index contributed by atoms with van der Waals surface area (Å²) in [6.45, 7) is 0. The number of nitriles is 1. The number of nitrogens with two attached hydrogens (primary N) is 1. The van der Waals surface area contributed by atoms with Gasteiger partial charge in [0.2, 0.25) is 0 Å². The number of fused-ring (bicyclic) bond motifs is 1. The third-order valence-corrected chi connectivity index (χ3v) is 6.19. The van der Waals surface area contributed by atoms with Crippen LogP contribution in [-0.2, 0) is 0 Å². The lowest BCUT2D eigenvalue weighted by Crippen LogP contribution is -2.15. The number of nitrogens with zero attached hydrogens (tertiary/aromatic N) is 5. The largest absolute Gasteiger partial charge is 0.496 e. The maximum Gasteiger partial charge on any atom is 0.251 e. The van der Waals surface area contributed by atoms with Gasteiger partial charge in [-0.3, -0.25) is 9.78 Å². The summed E-state index contributed by atoms with van der Waals surface area (Å²) in [4.78, 5) is 31.3. The van der Waals surface area contributed by atoms with Gasteiger partial charge in [-0.15, -0.1) is 0 Å². The van der Waals surface area contributed by atoms with Crippen LogP contribution in [0.3, 0.4) is 0 Å². The Bertz CT molecular complexity index is 1590. The highest BCUT2D eigenvalue weighted by Gasteiger charge is 2.22. The van der Waals surface area contributed by atoms with E-state index in [9.17, 15) is 4.79 Å². The molecule has 0 saturated heterocycles. The molecule has 0 saturated carbocycles. The molecule has 0 aliphatic rings. The lowest BCUT2D eigenvalue weighted by Gasteiger charge is -2.12. The van der Waals surface area contributed by atoms with Gasteiger partial charge in [0.1, 0.15) is 10.8 Å². The average Bonchev–Trinajstić information content (AvgIpc) is 3.31. The third kappa shape index (κ3) is 3.72. The number of aromatic nitrogens is 4. The molecular formula is C25H16N6O2S. The molecule has 2 N–H and O–H groups in total. The number of thiazole rings is 1. The minimum Gasteiger partial charge on any atom is -0.496 e. The fourth-order valence-corrected chi connectivity index (χ4v) is 4.55. The monoisotopic (exact) mass is 464 g/mol. The lowest BCUT2D eigenvalue weighted by molar-refractivity contribution is 0.100. The number of hydrogen-bond donors (Lipinski definition) is 1. The molecule has 0 spiro atoms. The Morgan fingerprint density at radius 1 is 1.03 bits per heavy atom. The summed E-state index contributed by atoms with van der Waals surface area (Å²) < 4.78 is 5.45. The van der Waals surface area contributed by atoms with Gasteiger partial charge in [0.25, 0.3) is 5.91 Å². The third-order valence-electron chi connectivity index (χ3n) is 5.22. The Balaban J connectivity index is 1.63. The zero-order valence-corrected chi connectivity index (χ0v) is 18.7. The molecule has 2 aromatic carbocycles. The second-order valence-corrected chi connectivity index (χ2v) is 8.22. The van der Waals surface area contributed by atoms with Crippen molar-refractivity contribution in [1.82, 2.24) is 19.9 Å². The van der Waals surface area contributed by atoms with Gasteiger partial charge in [-0.05, 0) is 30.3 Å². The number of carbonyl (C=O) groups is 1. The van der Waals surface area contributed by atoms with Crippen molar-refractivity contribution in [2.45, 2.75) is 0 Å². The minimum absolute atomic E-state index is 0.248. The fraction of sp³-hybridized carbons (Fsp3) is 0.0400. The van der Waals surface area contributed by atoms with Gasteiger partial charge < -0.3 is 10.5 Å². The molecule has 3 heterocycles. The van der Waals surface area contributed by atoms with Gasteiger partial charge in [0.15, 0.2) is 10.5 Å². The number of carbonyl (C=O) groups excluding carboxylic acids is 1. The summed E-state index contributed by atoms with van der Waals surface area (Å²) in [6, 6.07) is 18.2. The van der Waals surface area contributed by atoms with Gasteiger partial charge >= 0.3 is 0 Å². The van der Waals surface area contributed by atoms with E-state index in [-0.39, 0.29) is 5.56 Å². The molecule has 0 aliphatic heterocycles. The standard InChI is InChI=1S/C25H16N6O2S/c1-33-19-5-3-2-4-16(19)21-20(22(27)32)17(10-11-28-21)24-31-23-25(34-24)30-18(13-29-23)15-8-6-14(12-26)7-9-15/h2-11,13H,1H3,(H2,27,32). The van der Waals surface area contributed by atoms with Crippen molar-refractivity contribution in [3.8, 4) is 44.9 Å². The summed E-state index contributed by atoms with van der Waals surface area (Å²) in [5, 5.41) is 9.56. The highest BCUT2D eigenvalue weighted by atomic mass is 32.1. The van der Waals surface area contributed by atoms with Gasteiger partial charge in [-0.1, -0.05) is 35.6 Å². The number of primary amides is 1. The molecule has 34 heavy (non-hydrogen) atoms. The second-order valence-electron chi connectivity index (χ2n) is 7.24. The predicted molar refractivity (Wildman–Crippen MR) is 129 cm³/mol. The number of methoxy groups -OCH3 is 1. The summed E-state index contributed by atoms with van der Waals surface area (Å²) in [6.07, 6.45) is 3.24. The number of para-hydroxylation sites is 1. The molecule has 1 amide bonds. The fourth-order valence-electron chi connectivity index (χ4n) is 3.63. The van der Waals surface area contributed by atoms with Gasteiger partial charge in [0.05, 0.1) is 41.9 Å². The van der Waals surface area contributed by atoms with Crippen molar-refractivity contribution in [1.29, 1.82) is 5.26 Å². The van der Waals surface area contributed by atoms with Gasteiger partial charge in [-0.2, -0.15) is 5.26 Å². The molecule has 8 nitrogen and oxygen atoms in total. The van der Waals surface area contributed by atoms with Crippen LogP contribution in [0.25, 0.3) is 43.6 Å². The average molecular weight is 465 g/mol.